The first-order valence-electron chi connectivity index (χ1n) is 10.5. The number of ether oxygens (including phenoxy) is 2. The maximum atomic E-state index is 12.9. The summed E-state index contributed by atoms with van der Waals surface area (Å²) >= 11 is 0. The second kappa shape index (κ2) is 10.6. The third-order valence-electron chi connectivity index (χ3n) is 5.50. The summed E-state index contributed by atoms with van der Waals surface area (Å²) in [4.78, 5) is 12.7. The molecule has 1 atom stereocenters. The van der Waals surface area contributed by atoms with E-state index in [0.717, 1.165) is 30.7 Å². The lowest BCUT2D eigenvalue weighted by Gasteiger charge is -2.32. The average Bonchev–Trinajstić information content (AvgIpc) is 2.76. The summed E-state index contributed by atoms with van der Waals surface area (Å²) in [6.07, 6.45) is -10.4. The van der Waals surface area contributed by atoms with Crippen LogP contribution in [0.4, 0.5) is 31.1 Å². The molecule has 0 aliphatic carbocycles. The zero-order valence-corrected chi connectivity index (χ0v) is 17.9. The lowest BCUT2D eigenvalue weighted by molar-refractivity contribution is -0.138. The fourth-order valence-corrected chi connectivity index (χ4v) is 3.83. The van der Waals surface area contributed by atoms with Crippen LogP contribution in [0.15, 0.2) is 48.5 Å². The van der Waals surface area contributed by atoms with Gasteiger partial charge in [0.15, 0.2) is 0 Å². The Morgan fingerprint density at radius 2 is 1.44 bits per heavy atom. The van der Waals surface area contributed by atoms with Crippen molar-refractivity contribution < 1.29 is 45.7 Å². The number of rotatable bonds is 7. The number of benzene rings is 2. The Kier molecular flexibility index (Phi) is 8.09. The van der Waals surface area contributed by atoms with Gasteiger partial charge in [-0.05, 0) is 54.8 Å². The van der Waals surface area contributed by atoms with Gasteiger partial charge in [-0.3, -0.25) is 4.90 Å². The molecule has 0 bridgehead atoms. The van der Waals surface area contributed by atoms with E-state index in [1.165, 1.54) is 24.3 Å². The quantitative estimate of drug-likeness (QED) is 0.381. The van der Waals surface area contributed by atoms with E-state index in [-0.39, 0.29) is 6.61 Å². The van der Waals surface area contributed by atoms with Crippen molar-refractivity contribution in [3.05, 3.63) is 70.8 Å². The molecule has 5 nitrogen and oxygen atoms in total. The van der Waals surface area contributed by atoms with Crippen LogP contribution in [0.1, 0.15) is 41.2 Å². The van der Waals surface area contributed by atoms with E-state index in [1.807, 2.05) is 4.90 Å². The van der Waals surface area contributed by atoms with Crippen molar-refractivity contribution in [1.82, 2.24) is 4.90 Å². The molecule has 1 fully saturated rings. The Morgan fingerprint density at radius 1 is 0.941 bits per heavy atom. The summed E-state index contributed by atoms with van der Waals surface area (Å²) in [5.41, 5.74) is -0.975. The number of nitrogens with zero attached hydrogens (tertiary/aromatic N) is 1. The van der Waals surface area contributed by atoms with E-state index in [2.05, 4.69) is 0 Å². The van der Waals surface area contributed by atoms with Crippen LogP contribution in [0.3, 0.4) is 0 Å². The van der Waals surface area contributed by atoms with Gasteiger partial charge in [0.1, 0.15) is 12.2 Å². The number of carboxylic acid groups (broad SMARTS) is 1. The number of carbonyl (C=O) groups is 1. The van der Waals surface area contributed by atoms with Gasteiger partial charge >= 0.3 is 18.5 Å². The molecule has 1 aliphatic heterocycles. The topological polar surface area (TPSA) is 59.0 Å². The number of halogens is 6. The monoisotopic (exact) mass is 491 g/mol. The van der Waals surface area contributed by atoms with Crippen molar-refractivity contribution in [2.45, 2.75) is 37.4 Å². The van der Waals surface area contributed by atoms with Crippen LogP contribution in [0, 0.1) is 0 Å². The molecule has 0 spiro atoms. The van der Waals surface area contributed by atoms with Crippen LogP contribution in [0.2, 0.25) is 0 Å². The minimum atomic E-state index is -4.52. The zero-order valence-electron chi connectivity index (χ0n) is 17.9. The normalized spacial score (nSPS) is 17.7. The number of hydrogen-bond acceptors (Lipinski definition) is 4. The van der Waals surface area contributed by atoms with Gasteiger partial charge in [-0.1, -0.05) is 24.3 Å². The minimum absolute atomic E-state index is 0.118. The summed E-state index contributed by atoms with van der Waals surface area (Å²) in [7, 11) is 0. The van der Waals surface area contributed by atoms with Crippen molar-refractivity contribution in [3.8, 4) is 0 Å². The van der Waals surface area contributed by atoms with Gasteiger partial charge in [-0.25, -0.2) is 4.79 Å². The highest BCUT2D eigenvalue weighted by atomic mass is 19.4. The molecule has 1 unspecified atom stereocenters. The molecule has 0 aromatic heterocycles. The predicted octanol–water partition coefficient (Wildman–Crippen LogP) is 5.99. The highest BCUT2D eigenvalue weighted by Crippen LogP contribution is 2.34. The summed E-state index contributed by atoms with van der Waals surface area (Å²) in [6, 6.07) is 8.54. The van der Waals surface area contributed by atoms with Gasteiger partial charge in [0.25, 0.3) is 0 Å². The van der Waals surface area contributed by atoms with Crippen molar-refractivity contribution in [3.63, 3.8) is 0 Å². The molecule has 0 amide bonds. The first-order valence-corrected chi connectivity index (χ1v) is 10.5. The van der Waals surface area contributed by atoms with Gasteiger partial charge < -0.3 is 14.6 Å². The van der Waals surface area contributed by atoms with Gasteiger partial charge in [0, 0.05) is 13.1 Å². The second-order valence-electron chi connectivity index (χ2n) is 7.94. The molecule has 186 valence electrons. The Bertz CT molecular complexity index is 886. The number of likely N-dealkylation sites (tertiary alicyclic amines) is 1. The summed E-state index contributed by atoms with van der Waals surface area (Å²) in [5, 5.41) is 8.79. The van der Waals surface area contributed by atoms with Crippen molar-refractivity contribution in [2.24, 2.45) is 0 Å². The summed E-state index contributed by atoms with van der Waals surface area (Å²) in [5.74, 6) is 0. The number of hydrogen-bond donors (Lipinski definition) is 1. The molecule has 34 heavy (non-hydrogen) atoms. The van der Waals surface area contributed by atoms with Crippen LogP contribution < -0.4 is 0 Å². The van der Waals surface area contributed by atoms with Gasteiger partial charge in [0.2, 0.25) is 0 Å². The van der Waals surface area contributed by atoms with Crippen LogP contribution in [0.5, 0.6) is 0 Å². The number of piperidine rings is 1. The molecule has 0 saturated carbocycles. The van der Waals surface area contributed by atoms with Gasteiger partial charge in [-0.15, -0.1) is 0 Å². The largest absolute Gasteiger partial charge is 0.506 e. The number of alkyl halides is 6. The highest BCUT2D eigenvalue weighted by molar-refractivity contribution is 5.57. The Hall–Kier alpha value is -2.79. The highest BCUT2D eigenvalue weighted by Gasteiger charge is 2.32. The van der Waals surface area contributed by atoms with E-state index in [1.54, 1.807) is 0 Å². The van der Waals surface area contributed by atoms with Gasteiger partial charge in [-0.2, -0.15) is 26.3 Å². The van der Waals surface area contributed by atoms with E-state index in [0.29, 0.717) is 37.2 Å². The zero-order chi connectivity index (χ0) is 24.9. The summed E-state index contributed by atoms with van der Waals surface area (Å²) in [6.45, 7) is 1.57. The smallest absolute Gasteiger partial charge is 0.450 e. The Labute approximate surface area is 191 Å². The van der Waals surface area contributed by atoms with Crippen molar-refractivity contribution in [2.75, 3.05) is 26.2 Å². The maximum Gasteiger partial charge on any atom is 0.506 e. The second-order valence-corrected chi connectivity index (χ2v) is 7.94. The maximum absolute atomic E-state index is 12.9. The Morgan fingerprint density at radius 3 is 1.88 bits per heavy atom. The van der Waals surface area contributed by atoms with E-state index in [4.69, 9.17) is 14.6 Å². The SMILES string of the molecule is O=C(O)OC1CCCN(CCOC(c2ccc(C(F)(F)F)cc2)c2ccc(C(F)(F)F)cc2)C1. The van der Waals surface area contributed by atoms with Crippen LogP contribution >= 0.6 is 0 Å². The molecule has 0 radical (unpaired) electrons. The average molecular weight is 491 g/mol. The molecular weight excluding hydrogens is 468 g/mol. The van der Waals surface area contributed by atoms with Crippen molar-refractivity contribution >= 4 is 6.16 Å². The molecule has 2 aromatic carbocycles. The fourth-order valence-electron chi connectivity index (χ4n) is 3.83. The Balaban J connectivity index is 1.73. The molecule has 2 aromatic rings. The third-order valence-corrected chi connectivity index (χ3v) is 5.50. The first-order chi connectivity index (χ1) is 15.9. The van der Waals surface area contributed by atoms with Crippen LogP contribution in [-0.4, -0.2) is 48.5 Å². The molecule has 1 saturated heterocycles. The third kappa shape index (κ3) is 7.10. The molecule has 1 N–H and O–H groups in total. The lowest BCUT2D eigenvalue weighted by Crippen LogP contribution is -2.42. The van der Waals surface area contributed by atoms with Gasteiger partial charge in [0.05, 0.1) is 17.7 Å². The molecule has 1 aliphatic rings. The molecule has 3 rings (SSSR count). The van der Waals surface area contributed by atoms with Crippen LogP contribution in [0.25, 0.3) is 0 Å². The van der Waals surface area contributed by atoms with Crippen molar-refractivity contribution in [1.29, 1.82) is 0 Å². The van der Waals surface area contributed by atoms with E-state index < -0.39 is 41.8 Å². The molecule has 1 heterocycles. The molecular formula is C23H23F6NO4. The van der Waals surface area contributed by atoms with E-state index in [9.17, 15) is 31.1 Å². The lowest BCUT2D eigenvalue weighted by atomic mass is 9.99. The first kappa shape index (κ1) is 25.8. The minimum Gasteiger partial charge on any atom is -0.450 e. The van der Waals surface area contributed by atoms with E-state index >= 15 is 0 Å². The molecule has 11 heteroatoms. The fraction of sp³-hybridized carbons (Fsp3) is 0.435. The predicted molar refractivity (Wildman–Crippen MR) is 109 cm³/mol. The summed E-state index contributed by atoms with van der Waals surface area (Å²) < 4.78 is 88.3. The standard InChI is InChI=1S/C23H23F6NO4/c24-22(25,26)17-7-3-15(4-8-17)20(16-5-9-18(10-6-16)23(27,28)29)33-13-12-30-11-1-2-19(14-30)34-21(31)32/h3-10,19-20H,1-2,11-14H2,(H,31,32). The van der Waals surface area contributed by atoms with Crippen LogP contribution in [-0.2, 0) is 21.8 Å².